The molecule has 0 spiro atoms. The number of carbonyl (C=O) groups is 1. The van der Waals surface area contributed by atoms with Gasteiger partial charge in [-0.1, -0.05) is 41.6 Å². The number of carboxylic acids is 1. The molecule has 0 aliphatic carbocycles. The molecule has 2 unspecified atom stereocenters. The summed E-state index contributed by atoms with van der Waals surface area (Å²) >= 11 is 0. The summed E-state index contributed by atoms with van der Waals surface area (Å²) in [5.74, 6) is -0.379. The van der Waals surface area contributed by atoms with E-state index in [1.165, 1.54) is 0 Å². The van der Waals surface area contributed by atoms with E-state index < -0.39 is 12.0 Å². The Labute approximate surface area is 195 Å². The number of fused-ring (bicyclic) bond motifs is 4. The molecule has 34 heavy (non-hydrogen) atoms. The lowest BCUT2D eigenvalue weighted by atomic mass is 9.89. The van der Waals surface area contributed by atoms with Crippen LogP contribution in [-0.2, 0) is 17.8 Å². The number of aliphatic carboxylic acids is 1. The van der Waals surface area contributed by atoms with Gasteiger partial charge < -0.3 is 19.6 Å². The average Bonchev–Trinajstić information content (AvgIpc) is 3.45. The first kappa shape index (κ1) is 20.4. The summed E-state index contributed by atoms with van der Waals surface area (Å²) in [7, 11) is 1.64. The molecule has 0 radical (unpaired) electrons. The predicted molar refractivity (Wildman–Crippen MR) is 125 cm³/mol. The van der Waals surface area contributed by atoms with Crippen LogP contribution in [0.1, 0.15) is 28.4 Å². The molecule has 0 fully saturated rings. The van der Waals surface area contributed by atoms with E-state index in [-0.39, 0.29) is 6.04 Å². The summed E-state index contributed by atoms with van der Waals surface area (Å²) in [4.78, 5) is 15.4. The number of carboxylic acid groups (broad SMARTS) is 1. The van der Waals surface area contributed by atoms with Gasteiger partial charge in [-0.2, -0.15) is 0 Å². The Bertz CT molecular complexity index is 1540. The van der Waals surface area contributed by atoms with Gasteiger partial charge in [-0.25, -0.2) is 4.68 Å². The first-order chi connectivity index (χ1) is 16.6. The number of nitrogens with zero attached hydrogens (tertiary/aromatic N) is 3. The highest BCUT2D eigenvalue weighted by molar-refractivity contribution is 5.87. The van der Waals surface area contributed by atoms with Crippen molar-refractivity contribution in [1.82, 2.24) is 25.3 Å². The number of para-hydroxylation sites is 2. The van der Waals surface area contributed by atoms with E-state index in [9.17, 15) is 9.90 Å². The highest BCUT2D eigenvalue weighted by atomic mass is 16.5. The molecule has 2 atom stereocenters. The fraction of sp³-hybridized carbons (Fsp3) is 0.192. The van der Waals surface area contributed by atoms with Crippen molar-refractivity contribution in [3.8, 4) is 5.75 Å². The van der Waals surface area contributed by atoms with Crippen molar-refractivity contribution in [1.29, 1.82) is 0 Å². The molecule has 0 bridgehead atoms. The zero-order valence-electron chi connectivity index (χ0n) is 18.5. The molecular formula is C26H22N5O3-. The topological polar surface area (TPSA) is 108 Å². The van der Waals surface area contributed by atoms with Crippen molar-refractivity contribution in [3.05, 3.63) is 89.1 Å². The quantitative estimate of drug-likeness (QED) is 0.424. The predicted octanol–water partition coefficient (Wildman–Crippen LogP) is 2.32. The number of rotatable bonds is 5. The van der Waals surface area contributed by atoms with Gasteiger partial charge in [-0.3, -0.25) is 5.32 Å². The Morgan fingerprint density at radius 3 is 2.82 bits per heavy atom. The maximum atomic E-state index is 11.9. The fourth-order valence-electron chi connectivity index (χ4n) is 4.95. The van der Waals surface area contributed by atoms with Crippen molar-refractivity contribution in [3.63, 3.8) is 0 Å². The van der Waals surface area contributed by atoms with Gasteiger partial charge >= 0.3 is 0 Å². The van der Waals surface area contributed by atoms with Crippen LogP contribution in [0.2, 0.25) is 0 Å². The van der Waals surface area contributed by atoms with E-state index in [1.54, 1.807) is 7.11 Å². The largest absolute Gasteiger partial charge is 0.548 e. The lowest BCUT2D eigenvalue weighted by Crippen LogP contribution is -2.50. The molecule has 5 aromatic rings. The monoisotopic (exact) mass is 452 g/mol. The third-order valence-electron chi connectivity index (χ3n) is 6.57. The van der Waals surface area contributed by atoms with E-state index in [2.05, 4.69) is 20.6 Å². The van der Waals surface area contributed by atoms with Crippen LogP contribution in [0.4, 0.5) is 0 Å². The number of ether oxygens (including phenoxy) is 1. The minimum Gasteiger partial charge on any atom is -0.548 e. The Kier molecular flexibility index (Phi) is 4.81. The van der Waals surface area contributed by atoms with Gasteiger partial charge in [0.25, 0.3) is 0 Å². The Balaban J connectivity index is 1.45. The third kappa shape index (κ3) is 3.31. The van der Waals surface area contributed by atoms with Gasteiger partial charge in [-0.05, 0) is 47.9 Å². The SMILES string of the molecule is COc1ccc(C2NC(C(=O)[O-])Cc3c2[nH]c2ccccc32)cc1Cn1nnc2ccccc21. The fourth-order valence-corrected chi connectivity index (χ4v) is 4.95. The van der Waals surface area contributed by atoms with E-state index in [1.807, 2.05) is 71.4 Å². The van der Waals surface area contributed by atoms with E-state index in [0.29, 0.717) is 13.0 Å². The average molecular weight is 452 g/mol. The Morgan fingerprint density at radius 2 is 1.97 bits per heavy atom. The van der Waals surface area contributed by atoms with Crippen molar-refractivity contribution >= 4 is 27.9 Å². The zero-order chi connectivity index (χ0) is 23.2. The van der Waals surface area contributed by atoms with Crippen LogP contribution < -0.4 is 15.2 Å². The number of benzene rings is 3. The number of aromatic nitrogens is 4. The summed E-state index contributed by atoms with van der Waals surface area (Å²) in [6, 6.07) is 20.6. The molecule has 3 aromatic carbocycles. The van der Waals surface area contributed by atoms with Crippen LogP contribution in [0.3, 0.4) is 0 Å². The Hall–Kier alpha value is -4.17. The van der Waals surface area contributed by atoms with Crippen LogP contribution in [0.25, 0.3) is 21.9 Å². The highest BCUT2D eigenvalue weighted by Crippen LogP contribution is 2.36. The summed E-state index contributed by atoms with van der Waals surface area (Å²) in [5, 5.41) is 24.8. The van der Waals surface area contributed by atoms with Gasteiger partial charge in [0.2, 0.25) is 0 Å². The molecule has 0 amide bonds. The molecule has 2 N–H and O–H groups in total. The minimum atomic E-state index is -1.11. The maximum Gasteiger partial charge on any atom is 0.123 e. The molecule has 0 saturated carbocycles. The molecule has 8 heteroatoms. The van der Waals surface area contributed by atoms with E-state index in [4.69, 9.17) is 4.74 Å². The molecular weight excluding hydrogens is 430 g/mol. The zero-order valence-corrected chi connectivity index (χ0v) is 18.5. The second-order valence-corrected chi connectivity index (χ2v) is 8.55. The van der Waals surface area contributed by atoms with Gasteiger partial charge in [-0.15, -0.1) is 5.10 Å². The van der Waals surface area contributed by atoms with Crippen molar-refractivity contribution in [2.24, 2.45) is 0 Å². The molecule has 170 valence electrons. The van der Waals surface area contributed by atoms with Crippen LogP contribution in [0.15, 0.2) is 66.7 Å². The second kappa shape index (κ2) is 8.00. The number of hydrogen-bond acceptors (Lipinski definition) is 6. The summed E-state index contributed by atoms with van der Waals surface area (Å²) < 4.78 is 7.47. The molecule has 8 nitrogen and oxygen atoms in total. The lowest BCUT2D eigenvalue weighted by Gasteiger charge is -2.32. The molecule has 0 saturated heterocycles. The van der Waals surface area contributed by atoms with E-state index in [0.717, 1.165) is 50.1 Å². The molecule has 3 heterocycles. The summed E-state index contributed by atoms with van der Waals surface area (Å²) in [6.45, 7) is 0.466. The van der Waals surface area contributed by atoms with Crippen molar-refractivity contribution in [2.45, 2.75) is 25.0 Å². The number of hydrogen-bond donors (Lipinski definition) is 2. The number of methoxy groups -OCH3 is 1. The van der Waals surface area contributed by atoms with Crippen molar-refractivity contribution in [2.75, 3.05) is 7.11 Å². The van der Waals surface area contributed by atoms with Crippen LogP contribution in [-0.4, -0.2) is 39.1 Å². The summed E-state index contributed by atoms with van der Waals surface area (Å²) in [5.41, 5.74) is 6.58. The number of nitrogens with one attached hydrogen (secondary N) is 2. The molecule has 6 rings (SSSR count). The highest BCUT2D eigenvalue weighted by Gasteiger charge is 2.31. The maximum absolute atomic E-state index is 11.9. The first-order valence-electron chi connectivity index (χ1n) is 11.1. The van der Waals surface area contributed by atoms with Gasteiger partial charge in [0.1, 0.15) is 11.3 Å². The minimum absolute atomic E-state index is 0.337. The Morgan fingerprint density at radius 1 is 1.15 bits per heavy atom. The summed E-state index contributed by atoms with van der Waals surface area (Å²) in [6.07, 6.45) is 0.367. The third-order valence-corrected chi connectivity index (χ3v) is 6.57. The standard InChI is InChI=1S/C26H23N5O3/c1-34-23-11-10-15(12-16(23)14-31-22-9-5-4-8-20(22)29-30-31)24-25-18(13-21(28-24)26(32)33)17-6-2-3-7-19(17)27-25/h2-12,21,24,27-28H,13-14H2,1H3,(H,32,33)/p-1. The second-order valence-electron chi connectivity index (χ2n) is 8.55. The number of carbonyl (C=O) groups excluding carboxylic acids is 1. The molecule has 1 aliphatic heterocycles. The first-order valence-corrected chi connectivity index (χ1v) is 11.1. The van der Waals surface area contributed by atoms with Gasteiger partial charge in [0, 0.05) is 22.2 Å². The number of aromatic amines is 1. The van der Waals surface area contributed by atoms with Gasteiger partial charge in [0.05, 0.1) is 37.2 Å². The van der Waals surface area contributed by atoms with Crippen LogP contribution in [0, 0.1) is 0 Å². The van der Waals surface area contributed by atoms with Crippen molar-refractivity contribution < 1.29 is 14.6 Å². The van der Waals surface area contributed by atoms with Crippen LogP contribution in [0.5, 0.6) is 5.75 Å². The molecule has 2 aromatic heterocycles. The smallest absolute Gasteiger partial charge is 0.123 e. The van der Waals surface area contributed by atoms with E-state index >= 15 is 0 Å². The van der Waals surface area contributed by atoms with Crippen LogP contribution >= 0.6 is 0 Å². The normalized spacial score (nSPS) is 17.7. The molecule has 1 aliphatic rings. The van der Waals surface area contributed by atoms with Gasteiger partial charge in [0.15, 0.2) is 0 Å². The number of H-pyrrole nitrogens is 1. The lowest BCUT2D eigenvalue weighted by molar-refractivity contribution is -0.308.